The summed E-state index contributed by atoms with van der Waals surface area (Å²) in [6, 6.07) is 12.9. The molecule has 5 rings (SSSR count). The van der Waals surface area contributed by atoms with Crippen LogP contribution < -0.4 is 19.5 Å². The number of para-hydroxylation sites is 1. The van der Waals surface area contributed by atoms with Gasteiger partial charge in [-0.2, -0.15) is 4.98 Å². The highest BCUT2D eigenvalue weighted by Crippen LogP contribution is 2.43. The molecule has 2 aliphatic rings. The zero-order chi connectivity index (χ0) is 22.2. The lowest BCUT2D eigenvalue weighted by Gasteiger charge is -2.32. The van der Waals surface area contributed by atoms with Crippen LogP contribution in [-0.4, -0.2) is 41.9 Å². The van der Waals surface area contributed by atoms with E-state index >= 15 is 0 Å². The van der Waals surface area contributed by atoms with Crippen LogP contribution in [0.4, 0.5) is 5.95 Å². The molecule has 1 aliphatic carbocycles. The summed E-state index contributed by atoms with van der Waals surface area (Å²) in [5.74, 6) is 3.19. The first kappa shape index (κ1) is 20.1. The topological polar surface area (TPSA) is 87.5 Å². The number of fused-ring (bicyclic) bond motifs is 1. The van der Waals surface area contributed by atoms with Crippen LogP contribution in [0.3, 0.4) is 0 Å². The number of rotatable bonds is 5. The maximum Gasteiger partial charge on any atom is 0.226 e. The van der Waals surface area contributed by atoms with Crippen LogP contribution >= 0.6 is 0 Å². The summed E-state index contributed by atoms with van der Waals surface area (Å²) in [5, 5.41) is 8.17. The Morgan fingerprint density at radius 2 is 1.75 bits per heavy atom. The molecule has 0 amide bonds. The third-order valence-electron chi connectivity index (χ3n) is 5.94. The number of ether oxygens (including phenoxy) is 3. The molecule has 1 unspecified atom stereocenters. The number of nitrogens with one attached hydrogen (secondary N) is 1. The minimum Gasteiger partial charge on any atom is -0.496 e. The van der Waals surface area contributed by atoms with Gasteiger partial charge in [-0.3, -0.25) is 4.79 Å². The minimum atomic E-state index is -0.411. The van der Waals surface area contributed by atoms with Crippen LogP contribution in [0.15, 0.2) is 53.7 Å². The standard InChI is InChI=1S/C24H24N4O4/c1-30-18-10-5-4-7-15(18)22-21-16(8-6-9-17(21)29)25-24-26-23(27-28(22)24)14-11-12-19(31-2)20(13-14)32-3/h4-5,7,10-13,22H,6,8-9H2,1-3H3,(H,25,26,27). The number of allylic oxidation sites excluding steroid dienone is 2. The highest BCUT2D eigenvalue weighted by molar-refractivity contribution is 5.99. The van der Waals surface area contributed by atoms with E-state index in [2.05, 4.69) is 5.32 Å². The monoisotopic (exact) mass is 432 g/mol. The molecule has 1 N–H and O–H groups in total. The Labute approximate surface area is 185 Å². The van der Waals surface area contributed by atoms with E-state index in [1.54, 1.807) is 26.0 Å². The van der Waals surface area contributed by atoms with Gasteiger partial charge < -0.3 is 19.5 Å². The quantitative estimate of drug-likeness (QED) is 0.652. The summed E-state index contributed by atoms with van der Waals surface area (Å²) in [6.07, 6.45) is 2.14. The summed E-state index contributed by atoms with van der Waals surface area (Å²) in [4.78, 5) is 17.8. The predicted molar refractivity (Wildman–Crippen MR) is 119 cm³/mol. The zero-order valence-corrected chi connectivity index (χ0v) is 18.2. The van der Waals surface area contributed by atoms with Gasteiger partial charge in [0.2, 0.25) is 5.95 Å². The van der Waals surface area contributed by atoms with Crippen LogP contribution in [0.1, 0.15) is 30.9 Å². The van der Waals surface area contributed by atoms with E-state index in [1.807, 2.05) is 42.5 Å². The Kier molecular flexibility index (Phi) is 5.05. The molecule has 164 valence electrons. The number of benzene rings is 2. The molecule has 0 bridgehead atoms. The number of carbonyl (C=O) groups excluding carboxylic acids is 1. The maximum absolute atomic E-state index is 13.0. The van der Waals surface area contributed by atoms with Crippen LogP contribution in [0.5, 0.6) is 17.2 Å². The summed E-state index contributed by atoms with van der Waals surface area (Å²) < 4.78 is 18.2. The summed E-state index contributed by atoms with van der Waals surface area (Å²) in [6.45, 7) is 0. The van der Waals surface area contributed by atoms with E-state index in [9.17, 15) is 4.79 Å². The molecular weight excluding hydrogens is 408 g/mol. The van der Waals surface area contributed by atoms with Crippen molar-refractivity contribution in [1.82, 2.24) is 14.8 Å². The zero-order valence-electron chi connectivity index (χ0n) is 18.2. The number of hydrogen-bond donors (Lipinski definition) is 1. The van der Waals surface area contributed by atoms with Gasteiger partial charge in [0.15, 0.2) is 23.1 Å². The van der Waals surface area contributed by atoms with E-state index < -0.39 is 6.04 Å². The molecule has 0 spiro atoms. The van der Waals surface area contributed by atoms with Crippen molar-refractivity contribution in [3.8, 4) is 28.6 Å². The van der Waals surface area contributed by atoms with Gasteiger partial charge in [0.05, 0.1) is 21.3 Å². The average molecular weight is 432 g/mol. The molecule has 2 heterocycles. The molecule has 0 saturated carbocycles. The molecule has 1 aromatic heterocycles. The molecule has 1 atom stereocenters. The molecule has 0 fully saturated rings. The molecule has 1 aliphatic heterocycles. The van der Waals surface area contributed by atoms with Gasteiger partial charge in [-0.25, -0.2) is 4.68 Å². The molecular formula is C24H24N4O4. The van der Waals surface area contributed by atoms with E-state index in [0.29, 0.717) is 35.4 Å². The number of Topliss-reactive ketones (excluding diaryl/α,β-unsaturated/α-hetero) is 1. The number of aromatic nitrogens is 3. The Morgan fingerprint density at radius 3 is 2.53 bits per heavy atom. The number of carbonyl (C=O) groups is 1. The molecule has 0 radical (unpaired) electrons. The van der Waals surface area contributed by atoms with Gasteiger partial charge in [-0.15, -0.1) is 5.10 Å². The predicted octanol–water partition coefficient (Wildman–Crippen LogP) is 3.99. The Morgan fingerprint density at radius 1 is 0.969 bits per heavy atom. The third-order valence-corrected chi connectivity index (χ3v) is 5.94. The Bertz CT molecular complexity index is 1230. The van der Waals surface area contributed by atoms with Crippen molar-refractivity contribution in [2.24, 2.45) is 0 Å². The van der Waals surface area contributed by atoms with Gasteiger partial charge in [0.1, 0.15) is 11.8 Å². The number of hydrogen-bond acceptors (Lipinski definition) is 7. The average Bonchev–Trinajstić information content (AvgIpc) is 3.26. The summed E-state index contributed by atoms with van der Waals surface area (Å²) in [5.41, 5.74) is 3.31. The van der Waals surface area contributed by atoms with Crippen molar-refractivity contribution in [3.05, 3.63) is 59.3 Å². The fraction of sp³-hybridized carbons (Fsp3) is 0.292. The maximum atomic E-state index is 13.0. The third kappa shape index (κ3) is 3.19. The lowest BCUT2D eigenvalue weighted by atomic mass is 9.85. The lowest BCUT2D eigenvalue weighted by Crippen LogP contribution is -2.31. The van der Waals surface area contributed by atoms with Gasteiger partial charge in [0.25, 0.3) is 0 Å². The van der Waals surface area contributed by atoms with Crippen LogP contribution in [0.25, 0.3) is 11.4 Å². The summed E-state index contributed by atoms with van der Waals surface area (Å²) in [7, 11) is 4.82. The number of nitrogens with zero attached hydrogens (tertiary/aromatic N) is 3. The smallest absolute Gasteiger partial charge is 0.226 e. The first-order valence-electron chi connectivity index (χ1n) is 10.5. The van der Waals surface area contributed by atoms with Crippen molar-refractivity contribution in [3.63, 3.8) is 0 Å². The Hall–Kier alpha value is -3.81. The number of methoxy groups -OCH3 is 3. The second-order valence-electron chi connectivity index (χ2n) is 7.71. The Balaban J connectivity index is 1.67. The highest BCUT2D eigenvalue weighted by Gasteiger charge is 2.38. The normalized spacial score (nSPS) is 17.3. The van der Waals surface area contributed by atoms with Crippen molar-refractivity contribution in [2.75, 3.05) is 26.6 Å². The number of ketones is 1. The van der Waals surface area contributed by atoms with E-state index in [4.69, 9.17) is 24.3 Å². The first-order valence-corrected chi connectivity index (χ1v) is 10.5. The second-order valence-corrected chi connectivity index (χ2v) is 7.71. The van der Waals surface area contributed by atoms with E-state index in [0.717, 1.165) is 35.2 Å². The fourth-order valence-corrected chi connectivity index (χ4v) is 4.43. The van der Waals surface area contributed by atoms with Crippen molar-refractivity contribution in [2.45, 2.75) is 25.3 Å². The molecule has 8 heteroatoms. The van der Waals surface area contributed by atoms with Gasteiger partial charge in [-0.1, -0.05) is 18.2 Å². The molecule has 8 nitrogen and oxygen atoms in total. The molecule has 0 saturated heterocycles. The SMILES string of the molecule is COc1ccc(-c2nc3n(n2)C(c2ccccc2OC)C2=C(CCCC2=O)N3)cc1OC. The summed E-state index contributed by atoms with van der Waals surface area (Å²) >= 11 is 0. The lowest BCUT2D eigenvalue weighted by molar-refractivity contribution is -0.116. The molecule has 32 heavy (non-hydrogen) atoms. The van der Waals surface area contributed by atoms with Crippen molar-refractivity contribution in [1.29, 1.82) is 0 Å². The molecule has 2 aromatic carbocycles. The van der Waals surface area contributed by atoms with E-state index in [1.165, 1.54) is 0 Å². The fourth-order valence-electron chi connectivity index (χ4n) is 4.43. The second kappa shape index (κ2) is 8.03. The highest BCUT2D eigenvalue weighted by atomic mass is 16.5. The van der Waals surface area contributed by atoms with Crippen molar-refractivity contribution >= 4 is 11.7 Å². The number of anilines is 1. The van der Waals surface area contributed by atoms with Gasteiger partial charge in [0, 0.05) is 28.8 Å². The molecule has 3 aromatic rings. The largest absolute Gasteiger partial charge is 0.496 e. The van der Waals surface area contributed by atoms with Gasteiger partial charge >= 0.3 is 0 Å². The van der Waals surface area contributed by atoms with E-state index in [-0.39, 0.29) is 5.78 Å². The van der Waals surface area contributed by atoms with Gasteiger partial charge in [-0.05, 0) is 37.1 Å². The van der Waals surface area contributed by atoms with Crippen molar-refractivity contribution < 1.29 is 19.0 Å². The minimum absolute atomic E-state index is 0.128. The van der Waals surface area contributed by atoms with Crippen LogP contribution in [0.2, 0.25) is 0 Å². The van der Waals surface area contributed by atoms with Crippen LogP contribution in [0, 0.1) is 0 Å². The van der Waals surface area contributed by atoms with Crippen LogP contribution in [-0.2, 0) is 4.79 Å². The first-order chi connectivity index (χ1) is 15.6.